The van der Waals surface area contributed by atoms with E-state index in [-0.39, 0.29) is 24.0 Å². The highest BCUT2D eigenvalue weighted by molar-refractivity contribution is 5.93. The maximum atomic E-state index is 13.2. The van der Waals surface area contributed by atoms with Gasteiger partial charge in [-0.2, -0.15) is 0 Å². The molecular weight excluding hydrogens is 482 g/mol. The lowest BCUT2D eigenvalue weighted by molar-refractivity contribution is -0.126. The van der Waals surface area contributed by atoms with Crippen LogP contribution >= 0.6 is 0 Å². The normalized spacial score (nSPS) is 16.0. The summed E-state index contributed by atoms with van der Waals surface area (Å²) in [5.41, 5.74) is 10.1. The third-order valence-corrected chi connectivity index (χ3v) is 6.99. The molecule has 2 atom stereocenters. The number of hydrogen-bond acceptors (Lipinski definition) is 6. The highest BCUT2D eigenvalue weighted by atomic mass is 16.5. The molecule has 1 heterocycles. The van der Waals surface area contributed by atoms with Crippen LogP contribution in [-0.4, -0.2) is 49.5 Å². The van der Waals surface area contributed by atoms with Crippen molar-refractivity contribution in [3.8, 4) is 16.9 Å². The molecule has 1 aliphatic heterocycles. The fourth-order valence-electron chi connectivity index (χ4n) is 4.86. The Kier molecular flexibility index (Phi) is 8.43. The number of hydrogen-bond donors (Lipinski definition) is 2. The summed E-state index contributed by atoms with van der Waals surface area (Å²) < 4.78 is 10.3. The Morgan fingerprint density at radius 1 is 1.00 bits per heavy atom. The van der Waals surface area contributed by atoms with Gasteiger partial charge in [-0.25, -0.2) is 4.79 Å². The summed E-state index contributed by atoms with van der Waals surface area (Å²) in [4.78, 5) is 38.6. The number of benzene rings is 3. The Hall–Kier alpha value is -4.17. The van der Waals surface area contributed by atoms with Crippen molar-refractivity contribution in [2.45, 2.75) is 38.4 Å². The average Bonchev–Trinajstić information content (AvgIpc) is 3.41. The van der Waals surface area contributed by atoms with Crippen LogP contribution in [0.1, 0.15) is 57.7 Å². The van der Waals surface area contributed by atoms with Crippen molar-refractivity contribution in [2.24, 2.45) is 5.73 Å². The second-order valence-corrected chi connectivity index (χ2v) is 9.45. The van der Waals surface area contributed by atoms with Gasteiger partial charge in [0.25, 0.3) is 0 Å². The molecule has 0 aliphatic carbocycles. The van der Waals surface area contributed by atoms with Gasteiger partial charge in [0.05, 0.1) is 31.9 Å². The predicted octanol–water partition coefficient (Wildman–Crippen LogP) is 4.09. The summed E-state index contributed by atoms with van der Waals surface area (Å²) in [6.45, 7) is 3.38. The molecule has 38 heavy (non-hydrogen) atoms. The third-order valence-electron chi connectivity index (χ3n) is 6.99. The van der Waals surface area contributed by atoms with Crippen LogP contribution in [0.5, 0.6) is 5.75 Å². The van der Waals surface area contributed by atoms with E-state index in [2.05, 4.69) is 16.3 Å². The maximum Gasteiger partial charge on any atom is 0.337 e. The number of nitrogens with two attached hydrogens (primary N) is 1. The summed E-state index contributed by atoms with van der Waals surface area (Å²) in [7, 11) is 2.98. The molecule has 198 valence electrons. The van der Waals surface area contributed by atoms with E-state index in [0.29, 0.717) is 17.7 Å². The first-order valence-electron chi connectivity index (χ1n) is 12.6. The molecule has 0 saturated carbocycles. The van der Waals surface area contributed by atoms with E-state index in [4.69, 9.17) is 15.2 Å². The van der Waals surface area contributed by atoms with E-state index < -0.39 is 5.91 Å². The molecule has 0 bridgehead atoms. The van der Waals surface area contributed by atoms with E-state index >= 15 is 0 Å². The lowest BCUT2D eigenvalue weighted by atomic mass is 10.00. The lowest BCUT2D eigenvalue weighted by Gasteiger charge is -2.26. The molecule has 8 heteroatoms. The molecule has 0 aromatic heterocycles. The van der Waals surface area contributed by atoms with Crippen LogP contribution in [0.3, 0.4) is 0 Å². The number of carbonyl (C=O) groups is 3. The van der Waals surface area contributed by atoms with Crippen molar-refractivity contribution in [2.75, 3.05) is 20.8 Å². The van der Waals surface area contributed by atoms with Gasteiger partial charge in [-0.15, -0.1) is 0 Å². The zero-order chi connectivity index (χ0) is 27.2. The fraction of sp³-hybridized carbons (Fsp3) is 0.300. The minimum Gasteiger partial charge on any atom is -0.496 e. The molecule has 3 N–H and O–H groups in total. The molecule has 0 radical (unpaired) electrons. The topological polar surface area (TPSA) is 111 Å². The highest BCUT2D eigenvalue weighted by Gasteiger charge is 2.31. The third kappa shape index (κ3) is 6.03. The smallest absolute Gasteiger partial charge is 0.337 e. The van der Waals surface area contributed by atoms with Crippen LogP contribution in [0.4, 0.5) is 0 Å². The van der Waals surface area contributed by atoms with Crippen LogP contribution in [-0.2, 0) is 16.1 Å². The molecule has 0 unspecified atom stereocenters. The fourth-order valence-corrected chi connectivity index (χ4v) is 4.86. The van der Waals surface area contributed by atoms with Crippen molar-refractivity contribution in [3.63, 3.8) is 0 Å². The average molecular weight is 516 g/mol. The van der Waals surface area contributed by atoms with E-state index in [1.807, 2.05) is 43.3 Å². The molecule has 2 amide bonds. The summed E-state index contributed by atoms with van der Waals surface area (Å²) in [6.07, 6.45) is 1.73. The Labute approximate surface area is 222 Å². The van der Waals surface area contributed by atoms with Crippen LogP contribution in [0.2, 0.25) is 0 Å². The zero-order valence-corrected chi connectivity index (χ0v) is 21.9. The molecule has 1 fully saturated rings. The van der Waals surface area contributed by atoms with Gasteiger partial charge >= 0.3 is 5.97 Å². The molecule has 1 aliphatic rings. The number of primary amides is 1. The van der Waals surface area contributed by atoms with Gasteiger partial charge in [-0.1, -0.05) is 30.3 Å². The van der Waals surface area contributed by atoms with Crippen molar-refractivity contribution < 1.29 is 23.9 Å². The summed E-state index contributed by atoms with van der Waals surface area (Å²) in [5.74, 6) is -0.145. The van der Waals surface area contributed by atoms with E-state index in [9.17, 15) is 14.4 Å². The molecular formula is C30H33N3O5. The number of nitrogens with zero attached hydrogens (tertiary/aromatic N) is 1. The first-order chi connectivity index (χ1) is 18.3. The second kappa shape index (κ2) is 11.9. The number of amides is 2. The molecule has 0 spiro atoms. The number of ether oxygens (including phenoxy) is 2. The first-order valence-corrected chi connectivity index (χ1v) is 12.6. The van der Waals surface area contributed by atoms with Crippen LogP contribution < -0.4 is 15.8 Å². The standard InChI is InChI=1S/C30H33N3O5/c1-19(21-7-13-24(14-8-21)30(36)38-3)32-29(35)26-5-4-16-33(26)18-20-6-15-27(37-2)25(17-20)22-9-11-23(12-10-22)28(31)34/h6-15,17,19,26H,4-5,16,18H2,1-3H3,(H2,31,34)(H,32,35)/t19-,26+/m0/s1. The number of carbonyl (C=O) groups excluding carboxylic acids is 3. The van der Waals surface area contributed by atoms with E-state index in [1.54, 1.807) is 31.4 Å². The van der Waals surface area contributed by atoms with Crippen molar-refractivity contribution >= 4 is 17.8 Å². The monoisotopic (exact) mass is 515 g/mol. The largest absolute Gasteiger partial charge is 0.496 e. The first kappa shape index (κ1) is 26.9. The SMILES string of the molecule is COC(=O)c1ccc([C@H](C)NC(=O)[C@H]2CCCN2Cc2ccc(OC)c(-c3ccc(C(N)=O)cc3)c2)cc1. The van der Waals surface area contributed by atoms with Crippen molar-refractivity contribution in [1.82, 2.24) is 10.2 Å². The second-order valence-electron chi connectivity index (χ2n) is 9.45. The number of rotatable bonds is 9. The van der Waals surface area contributed by atoms with Crippen molar-refractivity contribution in [1.29, 1.82) is 0 Å². The molecule has 3 aromatic carbocycles. The van der Waals surface area contributed by atoms with E-state index in [0.717, 1.165) is 47.4 Å². The Morgan fingerprint density at radius 3 is 2.32 bits per heavy atom. The Morgan fingerprint density at radius 2 is 1.68 bits per heavy atom. The summed E-state index contributed by atoms with van der Waals surface area (Å²) >= 11 is 0. The summed E-state index contributed by atoms with van der Waals surface area (Å²) in [5, 5.41) is 3.13. The predicted molar refractivity (Wildman–Crippen MR) is 145 cm³/mol. The molecule has 1 saturated heterocycles. The zero-order valence-electron chi connectivity index (χ0n) is 21.9. The maximum absolute atomic E-state index is 13.2. The van der Waals surface area contributed by atoms with Gasteiger partial charge in [-0.3, -0.25) is 14.5 Å². The minimum absolute atomic E-state index is 0.0113. The quantitative estimate of drug-likeness (QED) is 0.415. The van der Waals surface area contributed by atoms with E-state index in [1.165, 1.54) is 7.11 Å². The van der Waals surface area contributed by atoms with Gasteiger partial charge < -0.3 is 20.5 Å². The van der Waals surface area contributed by atoms with Crippen LogP contribution in [0.25, 0.3) is 11.1 Å². The lowest BCUT2D eigenvalue weighted by Crippen LogP contribution is -2.43. The van der Waals surface area contributed by atoms with Gasteiger partial charge in [0.2, 0.25) is 11.8 Å². The minimum atomic E-state index is -0.469. The highest BCUT2D eigenvalue weighted by Crippen LogP contribution is 2.32. The Balaban J connectivity index is 1.45. The Bertz CT molecular complexity index is 1300. The van der Waals surface area contributed by atoms with Gasteiger partial charge in [0.15, 0.2) is 0 Å². The number of nitrogens with one attached hydrogen (secondary N) is 1. The van der Waals surface area contributed by atoms with Crippen LogP contribution in [0.15, 0.2) is 66.7 Å². The van der Waals surface area contributed by atoms with Gasteiger partial charge in [-0.05, 0) is 79.4 Å². The molecule has 8 nitrogen and oxygen atoms in total. The van der Waals surface area contributed by atoms with Gasteiger partial charge in [0.1, 0.15) is 5.75 Å². The number of esters is 1. The van der Waals surface area contributed by atoms with Gasteiger partial charge in [0, 0.05) is 17.7 Å². The molecule has 4 rings (SSSR count). The number of methoxy groups -OCH3 is 2. The summed E-state index contributed by atoms with van der Waals surface area (Å²) in [6, 6.07) is 19.8. The number of likely N-dealkylation sites (tertiary alicyclic amines) is 1. The molecule has 3 aromatic rings. The van der Waals surface area contributed by atoms with Crippen molar-refractivity contribution in [3.05, 3.63) is 89.0 Å². The van der Waals surface area contributed by atoms with Crippen LogP contribution in [0, 0.1) is 0 Å².